The van der Waals surface area contributed by atoms with E-state index in [1.54, 1.807) is 18.2 Å². The van der Waals surface area contributed by atoms with Gasteiger partial charge in [0.15, 0.2) is 5.78 Å². The number of benzene rings is 3. The highest BCUT2D eigenvalue weighted by Crippen LogP contribution is 2.47. The Morgan fingerprint density at radius 3 is 2.34 bits per heavy atom. The summed E-state index contributed by atoms with van der Waals surface area (Å²) in [5.41, 5.74) is 7.77. The Morgan fingerprint density at radius 1 is 0.886 bits per heavy atom. The van der Waals surface area contributed by atoms with Gasteiger partial charge >= 0.3 is 0 Å². The van der Waals surface area contributed by atoms with Gasteiger partial charge in [-0.05, 0) is 76.4 Å². The number of aromatic nitrogens is 1. The summed E-state index contributed by atoms with van der Waals surface area (Å²) in [5.74, 6) is -0.352. The molecule has 1 heterocycles. The number of hydrogen-bond donors (Lipinski definition) is 1. The van der Waals surface area contributed by atoms with Crippen molar-refractivity contribution in [3.63, 3.8) is 0 Å². The Balaban J connectivity index is 0.000000453. The van der Waals surface area contributed by atoms with Crippen molar-refractivity contribution in [3.05, 3.63) is 124 Å². The van der Waals surface area contributed by atoms with Crippen LogP contribution in [0.2, 0.25) is 5.02 Å². The first kappa shape index (κ1) is 23.3. The van der Waals surface area contributed by atoms with Crippen LogP contribution in [0.3, 0.4) is 0 Å². The van der Waals surface area contributed by atoms with Gasteiger partial charge in [-0.2, -0.15) is 0 Å². The molecule has 0 saturated carbocycles. The summed E-state index contributed by atoms with van der Waals surface area (Å²) >= 11 is 6.05. The molecule has 0 fully saturated rings. The van der Waals surface area contributed by atoms with E-state index in [4.69, 9.17) is 11.6 Å². The number of H-pyrrole nitrogens is 1. The molecule has 0 amide bonds. The van der Waals surface area contributed by atoms with Crippen LogP contribution >= 0.6 is 11.6 Å². The van der Waals surface area contributed by atoms with Crippen molar-refractivity contribution in [1.29, 1.82) is 0 Å². The van der Waals surface area contributed by atoms with E-state index in [-0.39, 0.29) is 22.6 Å². The first-order valence-corrected chi connectivity index (χ1v) is 12.4. The quantitative estimate of drug-likeness (QED) is 0.305. The predicted octanol–water partition coefficient (Wildman–Crippen LogP) is 8.28. The smallest absolute Gasteiger partial charge is 0.186 e. The molecule has 1 N–H and O–H groups in total. The summed E-state index contributed by atoms with van der Waals surface area (Å²) in [6, 6.07) is 21.5. The molecule has 0 aliphatic heterocycles. The molecule has 0 saturated heterocycles. The van der Waals surface area contributed by atoms with Gasteiger partial charge in [0.25, 0.3) is 0 Å². The maximum atomic E-state index is 14.9. The van der Waals surface area contributed by atoms with E-state index < -0.39 is 5.82 Å². The Hall–Kier alpha value is -3.43. The summed E-state index contributed by atoms with van der Waals surface area (Å²) in [7, 11) is 0. The number of aromatic amines is 1. The van der Waals surface area contributed by atoms with Crippen LogP contribution in [0, 0.1) is 11.7 Å². The number of fused-ring (bicyclic) bond motifs is 5. The fourth-order valence-electron chi connectivity index (χ4n) is 5.43. The molecule has 2 aliphatic carbocycles. The van der Waals surface area contributed by atoms with Crippen molar-refractivity contribution in [2.45, 2.75) is 32.6 Å². The summed E-state index contributed by atoms with van der Waals surface area (Å²) in [6.45, 7) is 4.24. The molecular weight excluding hydrogens is 457 g/mol. The first-order valence-electron chi connectivity index (χ1n) is 12.0. The molecule has 176 valence electrons. The highest BCUT2D eigenvalue weighted by Gasteiger charge is 2.35. The number of carbonyl (C=O) groups excluding carboxylic acids is 1. The number of hydrogen-bond acceptors (Lipinski definition) is 1. The minimum atomic E-state index is -0.459. The largest absolute Gasteiger partial charge is 0.368 e. The lowest BCUT2D eigenvalue weighted by atomic mass is 9.70. The van der Waals surface area contributed by atoms with E-state index in [0.717, 1.165) is 40.7 Å². The maximum absolute atomic E-state index is 14.9. The number of ketones is 1. The molecule has 35 heavy (non-hydrogen) atoms. The van der Waals surface area contributed by atoms with E-state index in [2.05, 4.69) is 49.2 Å². The van der Waals surface area contributed by atoms with Crippen molar-refractivity contribution in [2.24, 2.45) is 5.92 Å². The molecule has 0 spiro atoms. The first-order chi connectivity index (χ1) is 17.0. The van der Waals surface area contributed by atoms with Gasteiger partial charge in [0.05, 0.1) is 5.02 Å². The van der Waals surface area contributed by atoms with E-state index in [9.17, 15) is 9.18 Å². The average Bonchev–Trinajstić information content (AvgIpc) is 3.45. The molecule has 0 bridgehead atoms. The van der Waals surface area contributed by atoms with Gasteiger partial charge in [-0.1, -0.05) is 74.0 Å². The third-order valence-corrected chi connectivity index (χ3v) is 7.22. The van der Waals surface area contributed by atoms with Gasteiger partial charge in [0, 0.05) is 29.4 Å². The lowest BCUT2D eigenvalue weighted by molar-refractivity contribution is 0.104. The minimum absolute atomic E-state index is 0.0347. The second kappa shape index (κ2) is 9.67. The van der Waals surface area contributed by atoms with Crippen LogP contribution in [-0.2, 0) is 12.8 Å². The third-order valence-electron chi connectivity index (χ3n) is 6.93. The van der Waals surface area contributed by atoms with Gasteiger partial charge in [-0.15, -0.1) is 0 Å². The standard InChI is InChI=1S/C27H22ClFO.C4H5N/c1-15(2)25-21-13-12-18-17-7-4-3-6-16(17)10-11-19(18)26(21)24(30)14-22(25)20-8-5-9-23(28)27(20)29;1-2-4-5-3-1/h3-9,12-15,25H,10-11H2,1-2H3;1-5H. The number of rotatable bonds is 2. The number of allylic oxidation sites excluding steroid dienone is 2. The second-order valence-corrected chi connectivity index (χ2v) is 9.79. The Kier molecular flexibility index (Phi) is 6.44. The van der Waals surface area contributed by atoms with Crippen LogP contribution < -0.4 is 0 Å². The summed E-state index contributed by atoms with van der Waals surface area (Å²) in [6.07, 6.45) is 7.17. The third kappa shape index (κ3) is 4.26. The van der Waals surface area contributed by atoms with Crippen molar-refractivity contribution in [1.82, 2.24) is 4.98 Å². The van der Waals surface area contributed by atoms with Crippen LogP contribution in [0.25, 0.3) is 16.7 Å². The second-order valence-electron chi connectivity index (χ2n) is 9.38. The molecule has 0 radical (unpaired) electrons. The highest BCUT2D eigenvalue weighted by molar-refractivity contribution is 6.31. The fraction of sp³-hybridized carbons (Fsp3) is 0.194. The van der Waals surface area contributed by atoms with Gasteiger partial charge in [-0.25, -0.2) is 4.39 Å². The number of nitrogens with one attached hydrogen (secondary N) is 1. The lowest BCUT2D eigenvalue weighted by Gasteiger charge is -2.33. The zero-order valence-electron chi connectivity index (χ0n) is 19.8. The number of carbonyl (C=O) groups is 1. The van der Waals surface area contributed by atoms with Crippen LogP contribution in [0.4, 0.5) is 4.39 Å². The molecule has 2 aliphatic rings. The van der Waals surface area contributed by atoms with E-state index in [0.29, 0.717) is 5.56 Å². The van der Waals surface area contributed by atoms with E-state index in [1.807, 2.05) is 30.6 Å². The molecular formula is C31H27ClFNO. The molecule has 4 heteroatoms. The number of aryl methyl sites for hydroxylation is 1. The summed E-state index contributed by atoms with van der Waals surface area (Å²) < 4.78 is 14.9. The lowest BCUT2D eigenvalue weighted by Crippen LogP contribution is -2.22. The zero-order valence-corrected chi connectivity index (χ0v) is 20.6. The van der Waals surface area contributed by atoms with Crippen molar-refractivity contribution < 1.29 is 9.18 Å². The van der Waals surface area contributed by atoms with Crippen molar-refractivity contribution in [2.75, 3.05) is 0 Å². The highest BCUT2D eigenvalue weighted by atomic mass is 35.5. The monoisotopic (exact) mass is 483 g/mol. The van der Waals surface area contributed by atoms with Gasteiger partial charge in [0.2, 0.25) is 0 Å². The van der Waals surface area contributed by atoms with Crippen LogP contribution in [-0.4, -0.2) is 10.8 Å². The minimum Gasteiger partial charge on any atom is -0.368 e. The Bertz CT molecular complexity index is 1400. The van der Waals surface area contributed by atoms with Gasteiger partial charge in [-0.3, -0.25) is 4.79 Å². The molecule has 2 nitrogen and oxygen atoms in total. The van der Waals surface area contributed by atoms with Crippen molar-refractivity contribution >= 4 is 23.0 Å². The average molecular weight is 484 g/mol. The Labute approximate surface area is 210 Å². The summed E-state index contributed by atoms with van der Waals surface area (Å²) in [4.78, 5) is 16.2. The number of halogens is 2. The normalized spacial score (nSPS) is 16.0. The Morgan fingerprint density at radius 2 is 1.63 bits per heavy atom. The molecule has 1 unspecified atom stereocenters. The molecule has 4 aromatic rings. The zero-order chi connectivity index (χ0) is 24.5. The molecule has 1 aromatic heterocycles. The van der Waals surface area contributed by atoms with Crippen LogP contribution in [0.5, 0.6) is 0 Å². The van der Waals surface area contributed by atoms with Gasteiger partial charge in [0.1, 0.15) is 5.82 Å². The molecule has 6 rings (SSSR count). The molecule has 1 atom stereocenters. The predicted molar refractivity (Wildman–Crippen MR) is 141 cm³/mol. The van der Waals surface area contributed by atoms with Crippen LogP contribution in [0.15, 0.2) is 85.2 Å². The van der Waals surface area contributed by atoms with Crippen LogP contribution in [0.1, 0.15) is 52.4 Å². The molecule has 3 aromatic carbocycles. The van der Waals surface area contributed by atoms with E-state index in [1.165, 1.54) is 17.2 Å². The van der Waals surface area contributed by atoms with E-state index >= 15 is 0 Å². The summed E-state index contributed by atoms with van der Waals surface area (Å²) in [5, 5.41) is 0.0798. The SMILES string of the molecule is CC(C)C1C(c2cccc(Cl)c2F)=CC(=O)c2c1ccc1c2CCc2ccccc2-1.c1cc[nH]c1. The van der Waals surface area contributed by atoms with Gasteiger partial charge < -0.3 is 4.98 Å². The maximum Gasteiger partial charge on any atom is 0.186 e. The van der Waals surface area contributed by atoms with Crippen molar-refractivity contribution in [3.8, 4) is 11.1 Å². The topological polar surface area (TPSA) is 32.9 Å². The fourth-order valence-corrected chi connectivity index (χ4v) is 5.60.